The molecule has 0 saturated heterocycles. The van der Waals surface area contributed by atoms with Crippen molar-refractivity contribution >= 4 is 39.8 Å². The van der Waals surface area contributed by atoms with Crippen LogP contribution in [0.25, 0.3) is 22.0 Å². The van der Waals surface area contributed by atoms with Crippen molar-refractivity contribution in [2.45, 2.75) is 13.3 Å². The van der Waals surface area contributed by atoms with Crippen LogP contribution >= 0.6 is 23.2 Å². The number of benzene rings is 3. The highest BCUT2D eigenvalue weighted by atomic mass is 35.5. The molecule has 0 unspecified atom stereocenters. The summed E-state index contributed by atoms with van der Waals surface area (Å²) >= 11 is 12.5. The lowest BCUT2D eigenvalue weighted by atomic mass is 10.0. The molecule has 0 aliphatic carbocycles. The Morgan fingerprint density at radius 3 is 2.68 bits per heavy atom. The van der Waals surface area contributed by atoms with Crippen molar-refractivity contribution in [1.82, 2.24) is 4.98 Å². The van der Waals surface area contributed by atoms with Gasteiger partial charge in [0.05, 0.1) is 0 Å². The molecule has 0 aliphatic heterocycles. The summed E-state index contributed by atoms with van der Waals surface area (Å²) in [5.74, 6) is 0. The second-order valence-electron chi connectivity index (χ2n) is 6.78. The minimum atomic E-state index is 0.724. The van der Waals surface area contributed by atoms with Gasteiger partial charge >= 0.3 is 0 Å². The molecule has 140 valence electrons. The Morgan fingerprint density at radius 2 is 1.82 bits per heavy atom. The van der Waals surface area contributed by atoms with E-state index >= 15 is 0 Å². The maximum absolute atomic E-state index is 6.35. The number of halogens is 2. The summed E-state index contributed by atoms with van der Waals surface area (Å²) in [6, 6.07) is 22.2. The van der Waals surface area contributed by atoms with Crippen LogP contribution in [0.5, 0.6) is 0 Å². The topological polar surface area (TPSA) is 28.1 Å². The van der Waals surface area contributed by atoms with Crippen LogP contribution in [-0.2, 0) is 6.42 Å². The highest BCUT2D eigenvalue weighted by Crippen LogP contribution is 2.28. The van der Waals surface area contributed by atoms with Crippen molar-refractivity contribution in [3.8, 4) is 11.1 Å². The van der Waals surface area contributed by atoms with Gasteiger partial charge in [-0.1, -0.05) is 59.6 Å². The highest BCUT2D eigenvalue weighted by molar-refractivity contribution is 6.33. The molecule has 0 fully saturated rings. The largest absolute Gasteiger partial charge is 0.361 e. The van der Waals surface area contributed by atoms with E-state index in [0.29, 0.717) is 0 Å². The fourth-order valence-electron chi connectivity index (χ4n) is 3.40. The Kier molecular flexibility index (Phi) is 5.52. The van der Waals surface area contributed by atoms with Crippen molar-refractivity contribution in [2.75, 3.05) is 6.54 Å². The Balaban J connectivity index is 1.52. The van der Waals surface area contributed by atoms with Crippen molar-refractivity contribution < 1.29 is 0 Å². The molecule has 0 atom stereocenters. The van der Waals surface area contributed by atoms with Crippen molar-refractivity contribution in [3.05, 3.63) is 94.1 Å². The number of hydrogen-bond acceptors (Lipinski definition) is 1. The van der Waals surface area contributed by atoms with Gasteiger partial charge in [0.1, 0.15) is 0 Å². The average Bonchev–Trinajstić information content (AvgIpc) is 3.10. The van der Waals surface area contributed by atoms with E-state index in [1.165, 1.54) is 10.9 Å². The molecule has 4 aromatic rings. The predicted molar refractivity (Wildman–Crippen MR) is 121 cm³/mol. The summed E-state index contributed by atoms with van der Waals surface area (Å²) < 4.78 is 0. The van der Waals surface area contributed by atoms with Gasteiger partial charge in [-0.2, -0.15) is 0 Å². The lowest BCUT2D eigenvalue weighted by Crippen LogP contribution is -1.98. The summed E-state index contributed by atoms with van der Waals surface area (Å²) in [7, 11) is 0. The molecule has 1 aromatic heterocycles. The summed E-state index contributed by atoms with van der Waals surface area (Å²) in [5, 5.41) is 2.68. The van der Waals surface area contributed by atoms with Gasteiger partial charge < -0.3 is 4.98 Å². The van der Waals surface area contributed by atoms with Crippen molar-refractivity contribution in [1.29, 1.82) is 0 Å². The van der Waals surface area contributed by atoms with E-state index in [2.05, 4.69) is 36.2 Å². The minimum absolute atomic E-state index is 0.724. The first-order valence-corrected chi connectivity index (χ1v) is 9.99. The molecule has 4 rings (SSSR count). The van der Waals surface area contributed by atoms with E-state index in [0.717, 1.165) is 50.9 Å². The molecule has 28 heavy (non-hydrogen) atoms. The number of aliphatic imine (C=N–C) groups is 1. The van der Waals surface area contributed by atoms with Crippen LogP contribution in [-0.4, -0.2) is 17.2 Å². The Labute approximate surface area is 174 Å². The predicted octanol–water partition coefficient (Wildman–Crippen LogP) is 7.19. The van der Waals surface area contributed by atoms with Gasteiger partial charge in [0, 0.05) is 45.0 Å². The van der Waals surface area contributed by atoms with Gasteiger partial charge in [-0.25, -0.2) is 0 Å². The Bertz CT molecular complexity index is 1160. The maximum Gasteiger partial charge on any atom is 0.0484 e. The number of hydrogen-bond donors (Lipinski definition) is 1. The molecule has 0 amide bonds. The monoisotopic (exact) mass is 406 g/mol. The first kappa shape index (κ1) is 18.8. The van der Waals surface area contributed by atoms with Crippen LogP contribution < -0.4 is 0 Å². The van der Waals surface area contributed by atoms with Crippen LogP contribution in [0.3, 0.4) is 0 Å². The first-order chi connectivity index (χ1) is 13.6. The average molecular weight is 407 g/mol. The summed E-state index contributed by atoms with van der Waals surface area (Å²) in [6.45, 7) is 2.78. The number of nitrogens with zero attached hydrogens (tertiary/aromatic N) is 1. The molecule has 0 bridgehead atoms. The number of H-pyrrole nitrogens is 1. The molecule has 0 saturated carbocycles. The standard InChI is InChI=1S/C24H20Cl2N2/c1-16(17-5-4-6-18(13-17)21-7-2-3-8-23(21)26)27-12-11-19-15-28-24-10-9-20(25)14-22(19)24/h2-10,13-15,28H,11-12H2,1H3. The van der Waals surface area contributed by atoms with Crippen LogP contribution in [0, 0.1) is 0 Å². The third kappa shape index (κ3) is 3.99. The van der Waals surface area contributed by atoms with Crippen LogP contribution in [0.1, 0.15) is 18.1 Å². The second kappa shape index (κ2) is 8.22. The lowest BCUT2D eigenvalue weighted by molar-refractivity contribution is 0.974. The van der Waals surface area contributed by atoms with Crippen LogP contribution in [0.15, 0.2) is 77.9 Å². The number of aromatic amines is 1. The summed E-state index contributed by atoms with van der Waals surface area (Å²) in [5.41, 5.74) is 6.61. The molecule has 0 aliphatic rings. The zero-order valence-electron chi connectivity index (χ0n) is 15.5. The lowest BCUT2D eigenvalue weighted by Gasteiger charge is -2.07. The number of aromatic nitrogens is 1. The maximum atomic E-state index is 6.35. The molecular weight excluding hydrogens is 387 g/mol. The SMILES string of the molecule is CC(=NCCc1c[nH]c2ccc(Cl)cc12)c1cccc(-c2ccccc2Cl)c1. The van der Waals surface area contributed by atoms with E-state index < -0.39 is 0 Å². The van der Waals surface area contributed by atoms with Gasteiger partial charge in [-0.15, -0.1) is 0 Å². The zero-order valence-corrected chi connectivity index (χ0v) is 17.1. The van der Waals surface area contributed by atoms with Gasteiger partial charge in [-0.05, 0) is 60.4 Å². The molecule has 1 heterocycles. The molecular formula is C24H20Cl2N2. The van der Waals surface area contributed by atoms with Gasteiger partial charge in [0.25, 0.3) is 0 Å². The smallest absolute Gasteiger partial charge is 0.0484 e. The van der Waals surface area contributed by atoms with E-state index in [-0.39, 0.29) is 0 Å². The highest BCUT2D eigenvalue weighted by Gasteiger charge is 2.06. The molecule has 4 heteroatoms. The number of nitrogens with one attached hydrogen (secondary N) is 1. The van der Waals surface area contributed by atoms with Gasteiger partial charge in [0.2, 0.25) is 0 Å². The first-order valence-electron chi connectivity index (χ1n) is 9.24. The molecule has 1 N–H and O–H groups in total. The van der Waals surface area contributed by atoms with Crippen LogP contribution in [0.2, 0.25) is 10.0 Å². The minimum Gasteiger partial charge on any atom is -0.361 e. The van der Waals surface area contributed by atoms with E-state index in [9.17, 15) is 0 Å². The number of fused-ring (bicyclic) bond motifs is 1. The Morgan fingerprint density at radius 1 is 0.964 bits per heavy atom. The molecule has 2 nitrogen and oxygen atoms in total. The summed E-state index contributed by atoms with van der Waals surface area (Å²) in [4.78, 5) is 8.09. The number of rotatable bonds is 5. The normalized spacial score (nSPS) is 11.9. The fraction of sp³-hybridized carbons (Fsp3) is 0.125. The van der Waals surface area contributed by atoms with Crippen LogP contribution in [0.4, 0.5) is 0 Å². The van der Waals surface area contributed by atoms with Gasteiger partial charge in [-0.3, -0.25) is 4.99 Å². The van der Waals surface area contributed by atoms with Crippen molar-refractivity contribution in [2.24, 2.45) is 4.99 Å². The summed E-state index contributed by atoms with van der Waals surface area (Å²) in [6.07, 6.45) is 2.91. The van der Waals surface area contributed by atoms with Crippen molar-refractivity contribution in [3.63, 3.8) is 0 Å². The zero-order chi connectivity index (χ0) is 19.5. The molecule has 0 radical (unpaired) electrons. The molecule has 3 aromatic carbocycles. The quantitative estimate of drug-likeness (QED) is 0.339. The van der Waals surface area contributed by atoms with E-state index in [4.69, 9.17) is 28.2 Å². The third-order valence-electron chi connectivity index (χ3n) is 4.92. The Hall–Kier alpha value is -2.55. The van der Waals surface area contributed by atoms with E-state index in [1.807, 2.05) is 48.7 Å². The van der Waals surface area contributed by atoms with E-state index in [1.54, 1.807) is 0 Å². The third-order valence-corrected chi connectivity index (χ3v) is 5.49. The van der Waals surface area contributed by atoms with Gasteiger partial charge in [0.15, 0.2) is 0 Å². The second-order valence-corrected chi connectivity index (χ2v) is 7.63. The fourth-order valence-corrected chi connectivity index (χ4v) is 3.82. The molecule has 0 spiro atoms.